The largest absolute Gasteiger partial charge is 0.497 e. The van der Waals surface area contributed by atoms with Gasteiger partial charge in [-0.2, -0.15) is 0 Å². The molecule has 0 saturated heterocycles. The smallest absolute Gasteiger partial charge is 0.256 e. The van der Waals surface area contributed by atoms with Crippen molar-refractivity contribution >= 4 is 23.4 Å². The van der Waals surface area contributed by atoms with Crippen molar-refractivity contribution in [2.75, 3.05) is 19.5 Å². The molecule has 0 saturated carbocycles. The molecule has 26 heavy (non-hydrogen) atoms. The number of anilines is 1. The molecule has 1 amide bonds. The molecule has 0 aliphatic heterocycles. The lowest BCUT2D eigenvalue weighted by Crippen LogP contribution is -2.13. The van der Waals surface area contributed by atoms with Gasteiger partial charge < -0.3 is 19.2 Å². The van der Waals surface area contributed by atoms with Gasteiger partial charge in [0.2, 0.25) is 0 Å². The number of carbonyl (C=O) groups excluding carboxylic acids is 1. The van der Waals surface area contributed by atoms with E-state index in [1.54, 1.807) is 56.5 Å². The summed E-state index contributed by atoms with van der Waals surface area (Å²) in [5.41, 5.74) is 1.15. The molecule has 1 heterocycles. The van der Waals surface area contributed by atoms with Gasteiger partial charge in [-0.25, -0.2) is 0 Å². The maximum absolute atomic E-state index is 12.8. The summed E-state index contributed by atoms with van der Waals surface area (Å²) in [6.45, 7) is 0. The minimum Gasteiger partial charge on any atom is -0.497 e. The standard InChI is InChI=1S/C20H19NO4S/c1-23-14-9-10-18(24-2)17(12-14)21-20(22)16-7-3-4-8-19(16)26-13-15-6-5-11-25-15/h3-12H,13H2,1-2H3,(H,21,22). The predicted molar refractivity (Wildman–Crippen MR) is 102 cm³/mol. The predicted octanol–water partition coefficient (Wildman–Crippen LogP) is 4.84. The average Bonchev–Trinajstić information content (AvgIpc) is 3.20. The van der Waals surface area contributed by atoms with Crippen LogP contribution in [0.5, 0.6) is 11.5 Å². The highest BCUT2D eigenvalue weighted by Crippen LogP contribution is 2.31. The Kier molecular flexibility index (Phi) is 5.86. The van der Waals surface area contributed by atoms with E-state index in [-0.39, 0.29) is 5.91 Å². The molecule has 0 bridgehead atoms. The number of hydrogen-bond acceptors (Lipinski definition) is 5. The second-order valence-electron chi connectivity index (χ2n) is 5.38. The average molecular weight is 369 g/mol. The summed E-state index contributed by atoms with van der Waals surface area (Å²) in [6, 6.07) is 16.5. The van der Waals surface area contributed by atoms with E-state index >= 15 is 0 Å². The van der Waals surface area contributed by atoms with Crippen molar-refractivity contribution in [2.45, 2.75) is 10.6 Å². The van der Waals surface area contributed by atoms with Crippen LogP contribution >= 0.6 is 11.8 Å². The molecule has 0 atom stereocenters. The molecule has 0 aliphatic rings. The molecular formula is C20H19NO4S. The Morgan fingerprint density at radius 1 is 1.08 bits per heavy atom. The van der Waals surface area contributed by atoms with Crippen LogP contribution in [0.1, 0.15) is 16.1 Å². The molecule has 2 aromatic carbocycles. The van der Waals surface area contributed by atoms with Crippen LogP contribution in [0, 0.1) is 0 Å². The Balaban J connectivity index is 1.80. The first kappa shape index (κ1) is 17.9. The molecule has 0 radical (unpaired) electrons. The summed E-state index contributed by atoms with van der Waals surface area (Å²) in [5, 5.41) is 2.91. The molecule has 5 nitrogen and oxygen atoms in total. The molecular weight excluding hydrogens is 350 g/mol. The Morgan fingerprint density at radius 2 is 1.92 bits per heavy atom. The van der Waals surface area contributed by atoms with Gasteiger partial charge >= 0.3 is 0 Å². The minimum absolute atomic E-state index is 0.209. The van der Waals surface area contributed by atoms with E-state index in [9.17, 15) is 4.79 Å². The first-order valence-electron chi connectivity index (χ1n) is 7.99. The number of carbonyl (C=O) groups is 1. The molecule has 0 spiro atoms. The summed E-state index contributed by atoms with van der Waals surface area (Å²) >= 11 is 1.55. The summed E-state index contributed by atoms with van der Waals surface area (Å²) in [7, 11) is 3.14. The van der Waals surface area contributed by atoms with E-state index in [2.05, 4.69) is 5.32 Å². The number of rotatable bonds is 7. The van der Waals surface area contributed by atoms with Crippen molar-refractivity contribution in [3.8, 4) is 11.5 Å². The SMILES string of the molecule is COc1ccc(OC)c(NC(=O)c2ccccc2SCc2ccco2)c1. The van der Waals surface area contributed by atoms with Crippen molar-refractivity contribution < 1.29 is 18.7 Å². The minimum atomic E-state index is -0.209. The lowest BCUT2D eigenvalue weighted by molar-refractivity contribution is 0.102. The van der Waals surface area contributed by atoms with Crippen LogP contribution in [-0.4, -0.2) is 20.1 Å². The van der Waals surface area contributed by atoms with Gasteiger partial charge in [0, 0.05) is 11.0 Å². The highest BCUT2D eigenvalue weighted by molar-refractivity contribution is 7.98. The molecule has 1 N–H and O–H groups in total. The van der Waals surface area contributed by atoms with E-state index < -0.39 is 0 Å². The second-order valence-corrected chi connectivity index (χ2v) is 6.40. The Labute approximate surface area is 156 Å². The van der Waals surface area contributed by atoms with Gasteiger partial charge in [0.25, 0.3) is 5.91 Å². The lowest BCUT2D eigenvalue weighted by Gasteiger charge is -2.13. The fourth-order valence-corrected chi connectivity index (χ4v) is 3.38. The Hall–Kier alpha value is -2.86. The molecule has 1 aromatic heterocycles. The van der Waals surface area contributed by atoms with Crippen molar-refractivity contribution in [3.05, 3.63) is 72.2 Å². The van der Waals surface area contributed by atoms with Crippen LogP contribution in [-0.2, 0) is 5.75 Å². The summed E-state index contributed by atoms with van der Waals surface area (Å²) in [4.78, 5) is 13.7. The normalized spacial score (nSPS) is 10.4. The number of ether oxygens (including phenoxy) is 2. The fraction of sp³-hybridized carbons (Fsp3) is 0.150. The van der Waals surface area contributed by atoms with Gasteiger partial charge in [0.1, 0.15) is 17.3 Å². The molecule has 0 fully saturated rings. The van der Waals surface area contributed by atoms with Crippen LogP contribution in [0.2, 0.25) is 0 Å². The van der Waals surface area contributed by atoms with Gasteiger partial charge in [0.05, 0.1) is 37.5 Å². The van der Waals surface area contributed by atoms with Crippen LogP contribution in [0.3, 0.4) is 0 Å². The van der Waals surface area contributed by atoms with E-state index in [0.29, 0.717) is 28.5 Å². The van der Waals surface area contributed by atoms with E-state index in [0.717, 1.165) is 10.7 Å². The number of benzene rings is 2. The first-order valence-corrected chi connectivity index (χ1v) is 8.97. The number of furan rings is 1. The van der Waals surface area contributed by atoms with Crippen molar-refractivity contribution in [1.82, 2.24) is 0 Å². The van der Waals surface area contributed by atoms with Gasteiger partial charge in [-0.3, -0.25) is 4.79 Å². The quantitative estimate of drug-likeness (QED) is 0.604. The number of nitrogens with one attached hydrogen (secondary N) is 1. The van der Waals surface area contributed by atoms with E-state index in [1.807, 2.05) is 30.3 Å². The van der Waals surface area contributed by atoms with Crippen LogP contribution in [0.15, 0.2) is 70.2 Å². The molecule has 0 unspecified atom stereocenters. The van der Waals surface area contributed by atoms with Gasteiger partial charge in [-0.05, 0) is 36.4 Å². The zero-order valence-corrected chi connectivity index (χ0v) is 15.3. The van der Waals surface area contributed by atoms with Crippen molar-refractivity contribution in [2.24, 2.45) is 0 Å². The number of methoxy groups -OCH3 is 2. The highest BCUT2D eigenvalue weighted by Gasteiger charge is 2.15. The Bertz CT molecular complexity index is 877. The number of hydrogen-bond donors (Lipinski definition) is 1. The third-order valence-corrected chi connectivity index (χ3v) is 4.83. The summed E-state index contributed by atoms with van der Waals surface area (Å²) < 4.78 is 15.9. The number of amides is 1. The molecule has 3 rings (SSSR count). The third-order valence-electron chi connectivity index (χ3n) is 3.74. The van der Waals surface area contributed by atoms with E-state index in [4.69, 9.17) is 13.9 Å². The fourth-order valence-electron chi connectivity index (χ4n) is 2.43. The third kappa shape index (κ3) is 4.21. The lowest BCUT2D eigenvalue weighted by atomic mass is 10.2. The second kappa shape index (κ2) is 8.49. The highest BCUT2D eigenvalue weighted by atomic mass is 32.2. The maximum atomic E-state index is 12.8. The molecule has 0 aliphatic carbocycles. The van der Waals surface area contributed by atoms with E-state index in [1.165, 1.54) is 0 Å². The van der Waals surface area contributed by atoms with Crippen LogP contribution in [0.4, 0.5) is 5.69 Å². The van der Waals surface area contributed by atoms with Crippen molar-refractivity contribution in [3.63, 3.8) is 0 Å². The monoisotopic (exact) mass is 369 g/mol. The van der Waals surface area contributed by atoms with Gasteiger partial charge in [-0.1, -0.05) is 12.1 Å². The van der Waals surface area contributed by atoms with Crippen LogP contribution in [0.25, 0.3) is 0 Å². The topological polar surface area (TPSA) is 60.7 Å². The Morgan fingerprint density at radius 3 is 2.65 bits per heavy atom. The molecule has 134 valence electrons. The maximum Gasteiger partial charge on any atom is 0.256 e. The zero-order valence-electron chi connectivity index (χ0n) is 14.5. The molecule has 6 heteroatoms. The van der Waals surface area contributed by atoms with Crippen LogP contribution < -0.4 is 14.8 Å². The van der Waals surface area contributed by atoms with Gasteiger partial charge in [-0.15, -0.1) is 11.8 Å². The van der Waals surface area contributed by atoms with Gasteiger partial charge in [0.15, 0.2) is 0 Å². The summed E-state index contributed by atoms with van der Waals surface area (Å²) in [5.74, 6) is 2.51. The molecule has 3 aromatic rings. The summed E-state index contributed by atoms with van der Waals surface area (Å²) in [6.07, 6.45) is 1.64. The zero-order chi connectivity index (χ0) is 18.4. The first-order chi connectivity index (χ1) is 12.7. The van der Waals surface area contributed by atoms with Crippen molar-refractivity contribution in [1.29, 1.82) is 0 Å². The number of thioether (sulfide) groups is 1.